The molecule has 0 bridgehead atoms. The second-order valence-corrected chi connectivity index (χ2v) is 7.74. The van der Waals surface area contributed by atoms with Crippen molar-refractivity contribution >= 4 is 34.1 Å². The Morgan fingerprint density at radius 2 is 1.03 bits per heavy atom. The van der Waals surface area contributed by atoms with Crippen LogP contribution in [-0.4, -0.2) is 11.9 Å². The van der Waals surface area contributed by atoms with Crippen LogP contribution >= 0.6 is 0 Å². The standard InChI is InChI=1S/C26H18N2O4/c29-25-18-11-3-1-9-16(18)23(31-25)27-20-13-5-7-15-8-6-14-21(22(15)20)28-24-17-10-2-4-12-19(17)26(30)32-24/h1-14,23-24,27-28H. The van der Waals surface area contributed by atoms with Gasteiger partial charge in [0.25, 0.3) is 0 Å². The molecule has 0 radical (unpaired) electrons. The van der Waals surface area contributed by atoms with Crippen molar-refractivity contribution < 1.29 is 19.1 Å². The second-order valence-electron chi connectivity index (χ2n) is 7.74. The molecule has 0 fully saturated rings. The Balaban J connectivity index is 1.39. The van der Waals surface area contributed by atoms with Crippen molar-refractivity contribution in [2.75, 3.05) is 10.6 Å². The number of cyclic esters (lactones) is 2. The van der Waals surface area contributed by atoms with E-state index in [9.17, 15) is 9.59 Å². The molecule has 6 rings (SSSR count). The van der Waals surface area contributed by atoms with Crippen LogP contribution in [0.25, 0.3) is 10.8 Å². The Morgan fingerprint density at radius 1 is 0.562 bits per heavy atom. The van der Waals surface area contributed by atoms with Crippen LogP contribution < -0.4 is 10.6 Å². The molecule has 0 saturated carbocycles. The highest BCUT2D eigenvalue weighted by atomic mass is 16.6. The molecule has 4 aromatic rings. The quantitative estimate of drug-likeness (QED) is 0.429. The van der Waals surface area contributed by atoms with E-state index in [-0.39, 0.29) is 11.9 Å². The van der Waals surface area contributed by atoms with Gasteiger partial charge < -0.3 is 20.1 Å². The van der Waals surface area contributed by atoms with Gasteiger partial charge in [0.1, 0.15) is 0 Å². The van der Waals surface area contributed by atoms with E-state index in [1.165, 1.54) is 0 Å². The number of nitrogens with one attached hydrogen (secondary N) is 2. The molecular formula is C26H18N2O4. The largest absolute Gasteiger partial charge is 0.434 e. The summed E-state index contributed by atoms with van der Waals surface area (Å²) in [7, 11) is 0. The third-order valence-electron chi connectivity index (χ3n) is 5.85. The Bertz CT molecular complexity index is 1300. The predicted octanol–water partition coefficient (Wildman–Crippen LogP) is 5.40. The van der Waals surface area contributed by atoms with Crippen molar-refractivity contribution in [1.29, 1.82) is 0 Å². The van der Waals surface area contributed by atoms with Gasteiger partial charge >= 0.3 is 11.9 Å². The molecule has 156 valence electrons. The fourth-order valence-corrected chi connectivity index (χ4v) is 4.37. The molecule has 6 heteroatoms. The van der Waals surface area contributed by atoms with Crippen molar-refractivity contribution in [3.63, 3.8) is 0 Å². The molecule has 2 unspecified atom stereocenters. The van der Waals surface area contributed by atoms with Gasteiger partial charge in [0.05, 0.1) is 11.1 Å². The van der Waals surface area contributed by atoms with Crippen LogP contribution in [0.5, 0.6) is 0 Å². The Labute approximate surface area is 183 Å². The summed E-state index contributed by atoms with van der Waals surface area (Å²) in [6, 6.07) is 26.5. The number of carbonyl (C=O) groups excluding carboxylic acids is 2. The van der Waals surface area contributed by atoms with Crippen LogP contribution in [0.3, 0.4) is 0 Å². The summed E-state index contributed by atoms with van der Waals surface area (Å²) in [5, 5.41) is 8.65. The summed E-state index contributed by atoms with van der Waals surface area (Å²) >= 11 is 0. The van der Waals surface area contributed by atoms with Crippen molar-refractivity contribution in [3.8, 4) is 0 Å². The third kappa shape index (κ3) is 2.88. The van der Waals surface area contributed by atoms with Crippen LogP contribution in [0, 0.1) is 0 Å². The van der Waals surface area contributed by atoms with Gasteiger partial charge in [-0.1, -0.05) is 60.7 Å². The SMILES string of the molecule is O=C1OC(Nc2cccc3cccc(NC4OC(=O)c5ccccc54)c23)c2ccccc21. The first-order chi connectivity index (χ1) is 15.7. The molecule has 0 amide bonds. The number of carbonyl (C=O) groups is 2. The lowest BCUT2D eigenvalue weighted by molar-refractivity contribution is 0.0428. The molecule has 0 aliphatic carbocycles. The summed E-state index contributed by atoms with van der Waals surface area (Å²) in [4.78, 5) is 24.5. The maximum Gasteiger partial charge on any atom is 0.340 e. The van der Waals surface area contributed by atoms with E-state index < -0.39 is 12.5 Å². The van der Waals surface area contributed by atoms with Crippen molar-refractivity contribution in [2.45, 2.75) is 12.5 Å². The second kappa shape index (κ2) is 7.13. The number of rotatable bonds is 4. The lowest BCUT2D eigenvalue weighted by Crippen LogP contribution is -2.13. The van der Waals surface area contributed by atoms with Crippen LogP contribution in [0.2, 0.25) is 0 Å². The number of anilines is 2. The normalized spacial score (nSPS) is 18.6. The Hall–Kier alpha value is -4.32. The van der Waals surface area contributed by atoms with Crippen LogP contribution in [0.1, 0.15) is 44.3 Å². The summed E-state index contributed by atoms with van der Waals surface area (Å²) in [5.41, 5.74) is 4.35. The van der Waals surface area contributed by atoms with E-state index in [1.807, 2.05) is 72.8 Å². The predicted molar refractivity (Wildman–Crippen MR) is 120 cm³/mol. The monoisotopic (exact) mass is 422 g/mol. The fraction of sp³-hybridized carbons (Fsp3) is 0.0769. The number of fused-ring (bicyclic) bond motifs is 3. The highest BCUT2D eigenvalue weighted by molar-refractivity contribution is 6.04. The number of ether oxygens (including phenoxy) is 2. The lowest BCUT2D eigenvalue weighted by atomic mass is 10.0. The van der Waals surface area contributed by atoms with Crippen molar-refractivity contribution in [2.24, 2.45) is 0 Å². The van der Waals surface area contributed by atoms with Crippen molar-refractivity contribution in [3.05, 3.63) is 107 Å². The van der Waals surface area contributed by atoms with Gasteiger partial charge in [0.15, 0.2) is 0 Å². The average molecular weight is 422 g/mol. The molecule has 0 spiro atoms. The topological polar surface area (TPSA) is 76.7 Å². The number of esters is 2. The van der Waals surface area contributed by atoms with E-state index >= 15 is 0 Å². The first-order valence-electron chi connectivity index (χ1n) is 10.3. The van der Waals surface area contributed by atoms with Gasteiger partial charge in [-0.3, -0.25) is 0 Å². The summed E-state index contributed by atoms with van der Waals surface area (Å²) in [6.45, 7) is 0. The van der Waals surface area contributed by atoms with Gasteiger partial charge in [-0.25, -0.2) is 9.59 Å². The van der Waals surface area contributed by atoms with Gasteiger partial charge in [-0.2, -0.15) is 0 Å². The van der Waals surface area contributed by atoms with Gasteiger partial charge in [0, 0.05) is 27.9 Å². The lowest BCUT2D eigenvalue weighted by Gasteiger charge is -2.20. The Morgan fingerprint density at radius 3 is 1.53 bits per heavy atom. The molecule has 32 heavy (non-hydrogen) atoms. The minimum atomic E-state index is -0.581. The minimum Gasteiger partial charge on any atom is -0.434 e. The molecule has 2 atom stereocenters. The van der Waals surface area contributed by atoms with E-state index in [4.69, 9.17) is 9.47 Å². The van der Waals surface area contributed by atoms with Crippen LogP contribution in [0.4, 0.5) is 11.4 Å². The summed E-state index contributed by atoms with van der Waals surface area (Å²) < 4.78 is 11.2. The number of benzene rings is 4. The zero-order valence-corrected chi connectivity index (χ0v) is 16.9. The zero-order valence-electron chi connectivity index (χ0n) is 16.9. The first kappa shape index (κ1) is 18.4. The zero-order chi connectivity index (χ0) is 21.7. The molecule has 4 aromatic carbocycles. The first-order valence-corrected chi connectivity index (χ1v) is 10.3. The molecule has 0 aromatic heterocycles. The Kier molecular flexibility index (Phi) is 4.11. The maximum atomic E-state index is 12.3. The van der Waals surface area contributed by atoms with E-state index in [0.29, 0.717) is 11.1 Å². The van der Waals surface area contributed by atoms with Gasteiger partial charge in [-0.15, -0.1) is 0 Å². The van der Waals surface area contributed by atoms with Crippen molar-refractivity contribution in [1.82, 2.24) is 0 Å². The highest BCUT2D eigenvalue weighted by Crippen LogP contribution is 2.39. The smallest absolute Gasteiger partial charge is 0.340 e. The molecule has 6 nitrogen and oxygen atoms in total. The molecule has 2 heterocycles. The van der Waals surface area contributed by atoms with E-state index in [1.54, 1.807) is 12.1 Å². The van der Waals surface area contributed by atoms with Crippen LogP contribution in [-0.2, 0) is 9.47 Å². The van der Waals surface area contributed by atoms with E-state index in [0.717, 1.165) is 33.3 Å². The van der Waals surface area contributed by atoms with Gasteiger partial charge in [0.2, 0.25) is 12.5 Å². The molecule has 2 aliphatic heterocycles. The van der Waals surface area contributed by atoms with Crippen LogP contribution in [0.15, 0.2) is 84.9 Å². The summed E-state index contributed by atoms with van der Waals surface area (Å²) in [6.07, 6.45) is -1.16. The fourth-order valence-electron chi connectivity index (χ4n) is 4.37. The number of hydrogen-bond donors (Lipinski definition) is 2. The molecular weight excluding hydrogens is 404 g/mol. The summed E-state index contributed by atoms with van der Waals surface area (Å²) in [5.74, 6) is -0.683. The van der Waals surface area contributed by atoms with E-state index in [2.05, 4.69) is 10.6 Å². The van der Waals surface area contributed by atoms with Gasteiger partial charge in [-0.05, 0) is 29.7 Å². The average Bonchev–Trinajstić information content (AvgIpc) is 3.31. The minimum absolute atomic E-state index is 0.342. The number of hydrogen-bond acceptors (Lipinski definition) is 6. The maximum absolute atomic E-state index is 12.3. The highest BCUT2D eigenvalue weighted by Gasteiger charge is 2.32. The molecule has 2 N–H and O–H groups in total. The molecule has 0 saturated heterocycles. The third-order valence-corrected chi connectivity index (χ3v) is 5.85. The molecule has 2 aliphatic rings.